The highest BCUT2D eigenvalue weighted by atomic mass is 16.6. The zero-order valence-corrected chi connectivity index (χ0v) is 11.0. The first-order valence-corrected chi connectivity index (χ1v) is 6.45. The van der Waals surface area contributed by atoms with Crippen molar-refractivity contribution in [3.63, 3.8) is 0 Å². The molecule has 1 saturated heterocycles. The number of likely N-dealkylation sites (tertiary alicyclic amines) is 1. The molecule has 4 nitrogen and oxygen atoms in total. The molecule has 0 N–H and O–H groups in total. The molecule has 0 bridgehead atoms. The molecule has 2 rings (SSSR count). The average molecular weight is 238 g/mol. The van der Waals surface area contributed by atoms with Crippen molar-refractivity contribution in [2.75, 3.05) is 27.2 Å². The van der Waals surface area contributed by atoms with Gasteiger partial charge in [-0.1, -0.05) is 0 Å². The van der Waals surface area contributed by atoms with Crippen LogP contribution in [0.25, 0.3) is 0 Å². The van der Waals surface area contributed by atoms with Crippen molar-refractivity contribution in [3.05, 3.63) is 11.8 Å². The first-order valence-electron chi connectivity index (χ1n) is 6.45. The van der Waals surface area contributed by atoms with Crippen LogP contribution in [0.5, 0.6) is 0 Å². The van der Waals surface area contributed by atoms with Gasteiger partial charge < -0.3 is 9.64 Å². The van der Waals surface area contributed by atoms with Crippen LogP contribution < -0.4 is 0 Å². The number of nitrogens with zero attached hydrogens (tertiary/aromatic N) is 2. The fraction of sp³-hybridized carbons (Fsp3) is 0.769. The Bertz CT molecular complexity index is 327. The number of likely N-dealkylation sites (N-methyl/N-ethyl adjacent to an activating group) is 1. The van der Waals surface area contributed by atoms with Crippen molar-refractivity contribution in [1.29, 1.82) is 0 Å². The first kappa shape index (κ1) is 12.4. The monoisotopic (exact) mass is 238 g/mol. The van der Waals surface area contributed by atoms with Gasteiger partial charge in [-0.2, -0.15) is 0 Å². The van der Waals surface area contributed by atoms with Gasteiger partial charge in [0, 0.05) is 26.1 Å². The first-order chi connectivity index (χ1) is 8.11. The molecular weight excluding hydrogens is 216 g/mol. The third-order valence-electron chi connectivity index (χ3n) is 3.97. The molecule has 0 aromatic rings. The van der Waals surface area contributed by atoms with Gasteiger partial charge in [-0.05, 0) is 45.4 Å². The Morgan fingerprint density at radius 3 is 3.06 bits per heavy atom. The number of rotatable bonds is 2. The number of fused-ring (bicyclic) bond motifs is 1. The fourth-order valence-corrected chi connectivity index (χ4v) is 2.63. The molecule has 2 unspecified atom stereocenters. The minimum absolute atomic E-state index is 0.238. The van der Waals surface area contributed by atoms with Crippen molar-refractivity contribution in [3.8, 4) is 0 Å². The Kier molecular flexibility index (Phi) is 3.72. The molecule has 2 atom stereocenters. The lowest BCUT2D eigenvalue weighted by molar-refractivity contribution is 0.131. The average Bonchev–Trinajstić information content (AvgIpc) is 2.70. The largest absolute Gasteiger partial charge is 0.415 e. The molecule has 17 heavy (non-hydrogen) atoms. The molecule has 0 aromatic carbocycles. The number of allylic oxidation sites excluding steroid dienone is 1. The zero-order valence-electron chi connectivity index (χ0n) is 11.0. The van der Waals surface area contributed by atoms with Gasteiger partial charge in [-0.3, -0.25) is 4.90 Å². The Morgan fingerprint density at radius 2 is 2.35 bits per heavy atom. The van der Waals surface area contributed by atoms with E-state index < -0.39 is 0 Å². The maximum atomic E-state index is 11.7. The van der Waals surface area contributed by atoms with Gasteiger partial charge in [0.25, 0.3) is 0 Å². The molecule has 1 amide bonds. The molecule has 1 aliphatic carbocycles. The Morgan fingerprint density at radius 1 is 1.59 bits per heavy atom. The second-order valence-corrected chi connectivity index (χ2v) is 5.07. The van der Waals surface area contributed by atoms with Crippen molar-refractivity contribution < 1.29 is 9.53 Å². The van der Waals surface area contributed by atoms with E-state index in [2.05, 4.69) is 18.0 Å². The molecule has 0 saturated carbocycles. The highest BCUT2D eigenvalue weighted by Crippen LogP contribution is 2.34. The van der Waals surface area contributed by atoms with Crippen LogP contribution in [-0.2, 0) is 4.74 Å². The maximum absolute atomic E-state index is 11.7. The summed E-state index contributed by atoms with van der Waals surface area (Å²) in [6.45, 7) is 3.78. The Balaban J connectivity index is 1.98. The predicted octanol–water partition coefficient (Wildman–Crippen LogP) is 2.07. The quantitative estimate of drug-likeness (QED) is 0.738. The SMILES string of the molecule is CCN(C)C(=O)OC1=CC2C(CC1)CCN2C. The molecule has 0 spiro atoms. The van der Waals surface area contributed by atoms with E-state index >= 15 is 0 Å². The van der Waals surface area contributed by atoms with E-state index in [1.54, 1.807) is 11.9 Å². The van der Waals surface area contributed by atoms with Gasteiger partial charge in [0.1, 0.15) is 5.76 Å². The molecular formula is C13H22N2O2. The highest BCUT2D eigenvalue weighted by Gasteiger charge is 2.34. The van der Waals surface area contributed by atoms with Crippen LogP contribution in [0.3, 0.4) is 0 Å². The molecule has 0 radical (unpaired) electrons. The smallest absolute Gasteiger partial charge is 0.414 e. The lowest BCUT2D eigenvalue weighted by Gasteiger charge is -2.28. The van der Waals surface area contributed by atoms with E-state index in [0.29, 0.717) is 12.6 Å². The highest BCUT2D eigenvalue weighted by molar-refractivity contribution is 5.68. The van der Waals surface area contributed by atoms with Gasteiger partial charge in [0.2, 0.25) is 0 Å². The van der Waals surface area contributed by atoms with Crippen molar-refractivity contribution in [2.45, 2.75) is 32.2 Å². The number of amides is 1. The Hall–Kier alpha value is -1.03. The van der Waals surface area contributed by atoms with Gasteiger partial charge >= 0.3 is 6.09 Å². The number of carbonyl (C=O) groups excluding carboxylic acids is 1. The van der Waals surface area contributed by atoms with Gasteiger partial charge in [-0.15, -0.1) is 0 Å². The number of hydrogen-bond acceptors (Lipinski definition) is 3. The van der Waals surface area contributed by atoms with Crippen LogP contribution in [0.15, 0.2) is 11.8 Å². The van der Waals surface area contributed by atoms with Crippen LogP contribution in [0, 0.1) is 5.92 Å². The molecule has 1 fully saturated rings. The molecule has 1 heterocycles. The summed E-state index contributed by atoms with van der Waals surface area (Å²) in [5.74, 6) is 1.61. The summed E-state index contributed by atoms with van der Waals surface area (Å²) in [5, 5.41) is 0. The van der Waals surface area contributed by atoms with Gasteiger partial charge in [-0.25, -0.2) is 4.79 Å². The number of hydrogen-bond donors (Lipinski definition) is 0. The van der Waals surface area contributed by atoms with Crippen LogP contribution in [0.4, 0.5) is 4.79 Å². The van der Waals surface area contributed by atoms with Crippen molar-refractivity contribution in [1.82, 2.24) is 9.80 Å². The summed E-state index contributed by atoms with van der Waals surface area (Å²) in [5.41, 5.74) is 0. The van der Waals surface area contributed by atoms with E-state index in [4.69, 9.17) is 4.74 Å². The topological polar surface area (TPSA) is 32.8 Å². The maximum Gasteiger partial charge on any atom is 0.414 e. The summed E-state index contributed by atoms with van der Waals surface area (Å²) < 4.78 is 5.42. The minimum Gasteiger partial charge on any atom is -0.415 e. The zero-order chi connectivity index (χ0) is 12.4. The number of carbonyl (C=O) groups is 1. The third kappa shape index (κ3) is 2.63. The second kappa shape index (κ2) is 5.08. The summed E-state index contributed by atoms with van der Waals surface area (Å²) >= 11 is 0. The third-order valence-corrected chi connectivity index (χ3v) is 3.97. The van der Waals surface area contributed by atoms with Crippen LogP contribution in [0.1, 0.15) is 26.2 Å². The number of ether oxygens (including phenoxy) is 1. The van der Waals surface area contributed by atoms with E-state index in [1.165, 1.54) is 6.42 Å². The molecule has 4 heteroatoms. The van der Waals surface area contributed by atoms with Gasteiger partial charge in [0.15, 0.2) is 0 Å². The molecule has 96 valence electrons. The minimum atomic E-state index is -0.238. The summed E-state index contributed by atoms with van der Waals surface area (Å²) in [4.78, 5) is 15.6. The van der Waals surface area contributed by atoms with E-state index in [-0.39, 0.29) is 6.09 Å². The van der Waals surface area contributed by atoms with E-state index in [1.807, 2.05) is 6.92 Å². The van der Waals surface area contributed by atoms with E-state index in [9.17, 15) is 4.79 Å². The summed E-state index contributed by atoms with van der Waals surface area (Å²) in [6, 6.07) is 0.471. The van der Waals surface area contributed by atoms with Crippen LogP contribution in [0.2, 0.25) is 0 Å². The molecule has 1 aliphatic heterocycles. The van der Waals surface area contributed by atoms with E-state index in [0.717, 1.165) is 31.1 Å². The molecule has 0 aromatic heterocycles. The van der Waals surface area contributed by atoms with Crippen LogP contribution in [-0.4, -0.2) is 49.1 Å². The standard InChI is InChI=1S/C13H22N2O2/c1-4-14(2)13(16)17-11-6-5-10-7-8-15(3)12(10)9-11/h9-10,12H,4-8H2,1-3H3. The predicted molar refractivity (Wildman–Crippen MR) is 66.6 cm³/mol. The van der Waals surface area contributed by atoms with Gasteiger partial charge in [0.05, 0.1) is 0 Å². The lowest BCUT2D eigenvalue weighted by Crippen LogP contribution is -2.32. The van der Waals surface area contributed by atoms with Crippen molar-refractivity contribution in [2.24, 2.45) is 5.92 Å². The lowest BCUT2D eigenvalue weighted by atomic mass is 9.89. The van der Waals surface area contributed by atoms with Crippen molar-refractivity contribution >= 4 is 6.09 Å². The second-order valence-electron chi connectivity index (χ2n) is 5.07. The summed E-state index contributed by atoms with van der Waals surface area (Å²) in [7, 11) is 3.90. The Labute approximate surface area is 103 Å². The summed E-state index contributed by atoms with van der Waals surface area (Å²) in [6.07, 6.45) is 5.22. The molecule has 2 aliphatic rings. The van der Waals surface area contributed by atoms with Crippen LogP contribution >= 0.6 is 0 Å². The fourth-order valence-electron chi connectivity index (χ4n) is 2.63. The normalized spacial score (nSPS) is 28.5.